The maximum Gasteiger partial charge on any atom is -1.00 e. The molecule has 2 rings (SSSR count). The van der Waals surface area contributed by atoms with Gasteiger partial charge in [-0.25, -0.2) is 0 Å². The largest absolute Gasteiger partial charge is 1.00 e. The van der Waals surface area contributed by atoms with Crippen LogP contribution >= 0.6 is 0 Å². The monoisotopic (exact) mass is 360 g/mol. The van der Waals surface area contributed by atoms with E-state index in [2.05, 4.69) is 50.1 Å². The summed E-state index contributed by atoms with van der Waals surface area (Å²) in [4.78, 5) is 0. The Morgan fingerprint density at radius 3 is 2.22 bits per heavy atom. The van der Waals surface area contributed by atoms with Gasteiger partial charge in [0.05, 0.1) is 0 Å². The summed E-state index contributed by atoms with van der Waals surface area (Å²) >= 11 is -1.73. The van der Waals surface area contributed by atoms with Crippen LogP contribution in [0.25, 0.3) is 0 Å². The Hall–Kier alpha value is 0.293. The van der Waals surface area contributed by atoms with Gasteiger partial charge in [-0.2, -0.15) is 0 Å². The molecule has 0 saturated heterocycles. The summed E-state index contributed by atoms with van der Waals surface area (Å²) in [5, 5.41) is 0. The van der Waals surface area contributed by atoms with E-state index in [1.807, 2.05) is 0 Å². The maximum atomic E-state index is 4.58. The van der Waals surface area contributed by atoms with Crippen LogP contribution in [0, 0.1) is 5.92 Å². The van der Waals surface area contributed by atoms with Crippen molar-refractivity contribution in [3.63, 3.8) is 0 Å². The van der Waals surface area contributed by atoms with Crippen LogP contribution in [0.2, 0.25) is 0 Å². The number of halogens is 2. The van der Waals surface area contributed by atoms with Crippen molar-refractivity contribution < 1.29 is 46.1 Å². The minimum atomic E-state index is -1.73. The van der Waals surface area contributed by atoms with Crippen molar-refractivity contribution in [2.45, 2.75) is 34.1 Å². The fraction of sp³-hybridized carbons (Fsp3) is 0.400. The molecule has 2 aliphatic carbocycles. The summed E-state index contributed by atoms with van der Waals surface area (Å²) in [7, 11) is 0. The molecule has 2 aliphatic rings. The Morgan fingerprint density at radius 2 is 1.83 bits per heavy atom. The van der Waals surface area contributed by atoms with E-state index in [0.717, 1.165) is 0 Å². The van der Waals surface area contributed by atoms with E-state index in [9.17, 15) is 0 Å². The van der Waals surface area contributed by atoms with Crippen molar-refractivity contribution in [1.29, 1.82) is 0 Å². The summed E-state index contributed by atoms with van der Waals surface area (Å²) < 4.78 is 7.96. The molecule has 0 aromatic rings. The second kappa shape index (κ2) is 7.18. The van der Waals surface area contributed by atoms with Crippen LogP contribution in [0.4, 0.5) is 0 Å². The molecule has 18 heavy (non-hydrogen) atoms. The molecule has 1 atom stereocenters. The van der Waals surface area contributed by atoms with Crippen molar-refractivity contribution in [2.24, 2.45) is 5.92 Å². The third-order valence-electron chi connectivity index (χ3n) is 3.71. The van der Waals surface area contributed by atoms with Gasteiger partial charge >= 0.3 is 107 Å². The predicted octanol–water partition coefficient (Wildman–Crippen LogP) is -1.85. The number of allylic oxidation sites excluding steroid dienone is 8. The first-order chi connectivity index (χ1) is 7.50. The normalized spacial score (nSPS) is 21.3. The van der Waals surface area contributed by atoms with Gasteiger partial charge in [0.15, 0.2) is 0 Å². The van der Waals surface area contributed by atoms with E-state index in [-0.39, 0.29) is 24.8 Å². The average Bonchev–Trinajstić information content (AvgIpc) is 2.73. The maximum absolute atomic E-state index is 4.58. The molecule has 0 radical (unpaired) electrons. The molecule has 3 heteroatoms. The Morgan fingerprint density at radius 1 is 1.22 bits per heavy atom. The van der Waals surface area contributed by atoms with E-state index >= 15 is 0 Å². The molecule has 1 unspecified atom stereocenters. The topological polar surface area (TPSA) is 0 Å². The van der Waals surface area contributed by atoms with Gasteiger partial charge in [0.25, 0.3) is 0 Å². The summed E-state index contributed by atoms with van der Waals surface area (Å²) in [5.74, 6) is 0.647. The Bertz CT molecular complexity index is 479. The smallest absolute Gasteiger partial charge is 1.00 e. The van der Waals surface area contributed by atoms with Gasteiger partial charge in [-0.15, -0.1) is 0 Å². The van der Waals surface area contributed by atoms with Crippen molar-refractivity contribution in [3.8, 4) is 0 Å². The van der Waals surface area contributed by atoms with E-state index in [0.29, 0.717) is 5.92 Å². The molecule has 0 aromatic carbocycles. The van der Waals surface area contributed by atoms with Gasteiger partial charge in [0.2, 0.25) is 0 Å². The summed E-state index contributed by atoms with van der Waals surface area (Å²) in [6.07, 6.45) is 8.32. The zero-order chi connectivity index (χ0) is 11.9. The summed E-state index contributed by atoms with van der Waals surface area (Å²) in [6.45, 7) is 9.05. The molecular formula is C15H20Cl2Zr. The van der Waals surface area contributed by atoms with Crippen LogP contribution in [-0.4, -0.2) is 4.21 Å². The van der Waals surface area contributed by atoms with Crippen LogP contribution in [0.1, 0.15) is 34.1 Å². The minimum Gasteiger partial charge on any atom is -1.00 e. The molecule has 0 heterocycles. The zero-order valence-corrected chi connectivity index (χ0v) is 15.4. The third-order valence-corrected chi connectivity index (χ3v) is 10.1. The van der Waals surface area contributed by atoms with Crippen molar-refractivity contribution in [2.75, 3.05) is 0 Å². The summed E-state index contributed by atoms with van der Waals surface area (Å²) in [6, 6.07) is 0. The van der Waals surface area contributed by atoms with Gasteiger partial charge < -0.3 is 24.8 Å². The molecule has 0 spiro atoms. The Kier molecular flexibility index (Phi) is 7.29. The summed E-state index contributed by atoms with van der Waals surface area (Å²) in [5.41, 5.74) is 4.46. The van der Waals surface area contributed by atoms with E-state index < -0.39 is 21.3 Å². The van der Waals surface area contributed by atoms with Crippen molar-refractivity contribution in [1.82, 2.24) is 0 Å². The molecule has 0 aliphatic heterocycles. The fourth-order valence-electron chi connectivity index (χ4n) is 2.69. The molecular weight excluding hydrogens is 342 g/mol. The van der Waals surface area contributed by atoms with Crippen molar-refractivity contribution in [3.05, 3.63) is 41.5 Å². The molecule has 0 saturated carbocycles. The second-order valence-electron chi connectivity index (χ2n) is 4.98. The zero-order valence-electron chi connectivity index (χ0n) is 11.5. The Balaban J connectivity index is 0.00000144. The van der Waals surface area contributed by atoms with Crippen LogP contribution in [-0.2, 0) is 21.3 Å². The number of hydrogen-bond acceptors (Lipinski definition) is 0. The Labute approximate surface area is 131 Å². The SMILES string of the molecule is [CH2]=[Zr+2]([C]1=CC(C)=CC1)[C]1=C(C)C(C)=CC1C.[Cl-].[Cl-]. The fourth-order valence-corrected chi connectivity index (χ4v) is 8.53. The van der Waals surface area contributed by atoms with Gasteiger partial charge in [-0.05, 0) is 0 Å². The van der Waals surface area contributed by atoms with Crippen molar-refractivity contribution >= 4 is 4.21 Å². The minimum absolute atomic E-state index is 0. The predicted molar refractivity (Wildman–Crippen MR) is 69.2 cm³/mol. The van der Waals surface area contributed by atoms with Crippen LogP contribution in [0.15, 0.2) is 41.5 Å². The van der Waals surface area contributed by atoms with Crippen LogP contribution in [0.3, 0.4) is 0 Å². The van der Waals surface area contributed by atoms with E-state index in [1.54, 1.807) is 12.1 Å². The molecule has 0 N–H and O–H groups in total. The standard InChI is InChI=1S/C8H11.C6H7.CH2.2ClH.Zr/c1-6-4-7(2)8(3)5-6;1-6-4-2-3-5-6;;;;/h4,6H,1-3H3;4-5H,2H2,1H3;1H2;2*1H;/q;;;;;+2/p-2. The van der Waals surface area contributed by atoms with Gasteiger partial charge in [0, 0.05) is 0 Å². The van der Waals surface area contributed by atoms with Gasteiger partial charge in [-0.3, -0.25) is 0 Å². The first-order valence-electron chi connectivity index (χ1n) is 5.97. The van der Waals surface area contributed by atoms with Crippen LogP contribution in [0.5, 0.6) is 0 Å². The quantitative estimate of drug-likeness (QED) is 0.541. The second-order valence-corrected chi connectivity index (χ2v) is 10.2. The number of rotatable bonds is 2. The van der Waals surface area contributed by atoms with Crippen LogP contribution < -0.4 is 24.8 Å². The first-order valence-corrected chi connectivity index (χ1v) is 10.2. The average molecular weight is 362 g/mol. The van der Waals surface area contributed by atoms with E-state index in [1.165, 1.54) is 17.6 Å². The first kappa shape index (κ1) is 18.3. The molecule has 98 valence electrons. The molecule has 0 nitrogen and oxygen atoms in total. The third kappa shape index (κ3) is 3.44. The molecule has 0 aromatic heterocycles. The van der Waals surface area contributed by atoms with Gasteiger partial charge in [-0.1, -0.05) is 0 Å². The molecule has 0 bridgehead atoms. The molecule has 0 fully saturated rings. The van der Waals surface area contributed by atoms with Gasteiger partial charge in [0.1, 0.15) is 0 Å². The molecule has 0 amide bonds. The van der Waals surface area contributed by atoms with E-state index in [4.69, 9.17) is 0 Å². The number of hydrogen-bond donors (Lipinski definition) is 0.